The maximum atomic E-state index is 13.6. The second-order valence-electron chi connectivity index (χ2n) is 3.97. The van der Waals surface area contributed by atoms with Crippen LogP contribution in [0.25, 0.3) is 0 Å². The van der Waals surface area contributed by atoms with E-state index in [1.165, 1.54) is 24.3 Å². The van der Waals surface area contributed by atoms with Crippen molar-refractivity contribution in [1.29, 1.82) is 0 Å². The molecule has 3 nitrogen and oxygen atoms in total. The van der Waals surface area contributed by atoms with Crippen LogP contribution in [0.4, 0.5) is 8.78 Å². The Labute approximate surface area is 121 Å². The summed E-state index contributed by atoms with van der Waals surface area (Å²) in [6.45, 7) is -0.190. The van der Waals surface area contributed by atoms with Gasteiger partial charge in [0.05, 0.1) is 5.56 Å². The number of carboxylic acids is 1. The average molecular weight is 343 g/mol. The summed E-state index contributed by atoms with van der Waals surface area (Å²) in [5.74, 6) is -2.49. The topological polar surface area (TPSA) is 46.5 Å². The normalized spacial score (nSPS) is 10.3. The number of benzene rings is 2. The first kappa shape index (κ1) is 14.5. The van der Waals surface area contributed by atoms with E-state index in [-0.39, 0.29) is 23.5 Å². The predicted octanol–water partition coefficient (Wildman–Crippen LogP) is 4.00. The van der Waals surface area contributed by atoms with Gasteiger partial charge in [-0.05, 0) is 30.3 Å². The Morgan fingerprint density at radius 3 is 2.50 bits per heavy atom. The fourth-order valence-electron chi connectivity index (χ4n) is 1.55. The number of carboxylic acid groups (broad SMARTS) is 1. The highest BCUT2D eigenvalue weighted by atomic mass is 79.9. The summed E-state index contributed by atoms with van der Waals surface area (Å²) in [4.78, 5) is 10.7. The summed E-state index contributed by atoms with van der Waals surface area (Å²) >= 11 is 3.11. The van der Waals surface area contributed by atoms with Crippen molar-refractivity contribution in [1.82, 2.24) is 0 Å². The molecule has 1 N–H and O–H groups in total. The van der Waals surface area contributed by atoms with Crippen LogP contribution < -0.4 is 4.74 Å². The number of hydrogen-bond acceptors (Lipinski definition) is 2. The Morgan fingerprint density at radius 1 is 1.15 bits per heavy atom. The molecule has 6 heteroatoms. The van der Waals surface area contributed by atoms with Crippen LogP contribution in [0.15, 0.2) is 40.9 Å². The van der Waals surface area contributed by atoms with Gasteiger partial charge in [-0.25, -0.2) is 13.6 Å². The fraction of sp³-hybridized carbons (Fsp3) is 0.0714. The Kier molecular flexibility index (Phi) is 4.34. The molecule has 0 unspecified atom stereocenters. The molecule has 0 bridgehead atoms. The zero-order valence-corrected chi connectivity index (χ0v) is 11.7. The van der Waals surface area contributed by atoms with Crippen molar-refractivity contribution in [3.05, 3.63) is 63.6 Å². The van der Waals surface area contributed by atoms with Gasteiger partial charge in [0.1, 0.15) is 12.4 Å². The lowest BCUT2D eigenvalue weighted by Crippen LogP contribution is -2.03. The summed E-state index contributed by atoms with van der Waals surface area (Å²) in [6, 6.07) is 7.72. The number of rotatable bonds is 4. The Balaban J connectivity index is 2.13. The molecule has 0 heterocycles. The fourth-order valence-corrected chi connectivity index (χ4v) is 1.88. The molecule has 0 atom stereocenters. The standard InChI is InChI=1S/C14H9BrF2O3/c15-10-3-4-13(12(17)6-10)20-7-9-2-1-8(14(18)19)5-11(9)16/h1-6H,7H2,(H,18,19). The average Bonchev–Trinajstić information content (AvgIpc) is 2.38. The highest BCUT2D eigenvalue weighted by Crippen LogP contribution is 2.23. The first-order valence-corrected chi connectivity index (χ1v) is 6.36. The van der Waals surface area contributed by atoms with Gasteiger partial charge in [-0.15, -0.1) is 0 Å². The SMILES string of the molecule is O=C(O)c1ccc(COc2ccc(Br)cc2F)c(F)c1. The number of aromatic carboxylic acids is 1. The first-order chi connectivity index (χ1) is 9.47. The molecule has 104 valence electrons. The van der Waals surface area contributed by atoms with E-state index in [4.69, 9.17) is 9.84 Å². The smallest absolute Gasteiger partial charge is 0.335 e. The molecule has 0 spiro atoms. The van der Waals surface area contributed by atoms with Gasteiger partial charge in [0.2, 0.25) is 0 Å². The van der Waals surface area contributed by atoms with Gasteiger partial charge >= 0.3 is 5.97 Å². The molecule has 0 fully saturated rings. The molecule has 2 aromatic rings. The maximum Gasteiger partial charge on any atom is 0.335 e. The van der Waals surface area contributed by atoms with Gasteiger partial charge in [-0.2, -0.15) is 0 Å². The van der Waals surface area contributed by atoms with E-state index < -0.39 is 17.6 Å². The zero-order valence-electron chi connectivity index (χ0n) is 10.1. The lowest BCUT2D eigenvalue weighted by molar-refractivity contribution is 0.0696. The third-order valence-corrected chi connectivity index (χ3v) is 3.07. The quantitative estimate of drug-likeness (QED) is 0.913. The van der Waals surface area contributed by atoms with Crippen LogP contribution in [0, 0.1) is 11.6 Å². The van der Waals surface area contributed by atoms with Gasteiger partial charge < -0.3 is 9.84 Å². The van der Waals surface area contributed by atoms with Crippen molar-refractivity contribution in [2.75, 3.05) is 0 Å². The Morgan fingerprint density at radius 2 is 1.90 bits per heavy atom. The summed E-state index contributed by atoms with van der Waals surface area (Å²) in [5, 5.41) is 8.72. The number of carbonyl (C=O) groups is 1. The molecule has 0 aliphatic heterocycles. The zero-order chi connectivity index (χ0) is 14.7. The number of hydrogen-bond donors (Lipinski definition) is 1. The van der Waals surface area contributed by atoms with Crippen molar-refractivity contribution < 1.29 is 23.4 Å². The van der Waals surface area contributed by atoms with Crippen molar-refractivity contribution in [3.8, 4) is 5.75 Å². The molecule has 2 aromatic carbocycles. The van der Waals surface area contributed by atoms with Crippen LogP contribution in [0.1, 0.15) is 15.9 Å². The summed E-state index contributed by atoms with van der Waals surface area (Å²) in [5.41, 5.74) is -0.00149. The molecule has 0 aromatic heterocycles. The Bertz CT molecular complexity index is 659. The van der Waals surface area contributed by atoms with E-state index in [1.54, 1.807) is 6.07 Å². The van der Waals surface area contributed by atoms with E-state index in [0.717, 1.165) is 6.07 Å². The monoisotopic (exact) mass is 342 g/mol. The predicted molar refractivity (Wildman–Crippen MR) is 71.8 cm³/mol. The van der Waals surface area contributed by atoms with Crippen molar-refractivity contribution in [3.63, 3.8) is 0 Å². The van der Waals surface area contributed by atoms with Crippen LogP contribution >= 0.6 is 15.9 Å². The highest BCUT2D eigenvalue weighted by molar-refractivity contribution is 9.10. The van der Waals surface area contributed by atoms with Crippen molar-refractivity contribution in [2.24, 2.45) is 0 Å². The molecule has 0 radical (unpaired) electrons. The molecule has 0 saturated carbocycles. The molecular formula is C14H9BrF2O3. The van der Waals surface area contributed by atoms with E-state index >= 15 is 0 Å². The Hall–Kier alpha value is -1.95. The third-order valence-electron chi connectivity index (χ3n) is 2.58. The summed E-state index contributed by atoms with van der Waals surface area (Å²) < 4.78 is 32.9. The van der Waals surface area contributed by atoms with Crippen LogP contribution in [0.2, 0.25) is 0 Å². The van der Waals surface area contributed by atoms with Gasteiger partial charge in [-0.1, -0.05) is 22.0 Å². The minimum atomic E-state index is -1.21. The summed E-state index contributed by atoms with van der Waals surface area (Å²) in [7, 11) is 0. The molecule has 2 rings (SSSR count). The molecule has 0 amide bonds. The van der Waals surface area contributed by atoms with Gasteiger partial charge in [0.25, 0.3) is 0 Å². The van der Waals surface area contributed by atoms with Crippen LogP contribution in [-0.4, -0.2) is 11.1 Å². The first-order valence-electron chi connectivity index (χ1n) is 5.57. The minimum absolute atomic E-state index is 0.00471. The molecule has 0 aliphatic carbocycles. The van der Waals surface area contributed by atoms with Gasteiger partial charge in [0.15, 0.2) is 11.6 Å². The van der Waals surface area contributed by atoms with Gasteiger partial charge in [-0.3, -0.25) is 0 Å². The molecule has 0 saturated heterocycles. The summed E-state index contributed by atoms with van der Waals surface area (Å²) in [6.07, 6.45) is 0. The molecule has 0 aliphatic rings. The van der Waals surface area contributed by atoms with E-state index in [1.807, 2.05) is 0 Å². The van der Waals surface area contributed by atoms with Crippen LogP contribution in [0.3, 0.4) is 0 Å². The van der Waals surface area contributed by atoms with E-state index in [9.17, 15) is 13.6 Å². The van der Waals surface area contributed by atoms with E-state index in [0.29, 0.717) is 4.47 Å². The maximum absolute atomic E-state index is 13.6. The minimum Gasteiger partial charge on any atom is -0.486 e. The lowest BCUT2D eigenvalue weighted by atomic mass is 10.1. The third kappa shape index (κ3) is 3.33. The van der Waals surface area contributed by atoms with Crippen molar-refractivity contribution in [2.45, 2.75) is 6.61 Å². The number of halogens is 3. The van der Waals surface area contributed by atoms with Crippen LogP contribution in [0.5, 0.6) is 5.75 Å². The van der Waals surface area contributed by atoms with Crippen LogP contribution in [-0.2, 0) is 6.61 Å². The molecule has 20 heavy (non-hydrogen) atoms. The largest absolute Gasteiger partial charge is 0.486 e. The number of ether oxygens (including phenoxy) is 1. The van der Waals surface area contributed by atoms with E-state index in [2.05, 4.69) is 15.9 Å². The second-order valence-corrected chi connectivity index (χ2v) is 4.89. The lowest BCUT2D eigenvalue weighted by Gasteiger charge is -2.08. The van der Waals surface area contributed by atoms with Gasteiger partial charge in [0, 0.05) is 10.0 Å². The highest BCUT2D eigenvalue weighted by Gasteiger charge is 2.10. The molecular weight excluding hydrogens is 334 g/mol. The second kappa shape index (κ2) is 6.00. The van der Waals surface area contributed by atoms with Crippen molar-refractivity contribution >= 4 is 21.9 Å².